The molecule has 1 amide bonds. The highest BCUT2D eigenvalue weighted by Crippen LogP contribution is 2.12. The molecule has 2 rings (SSSR count). The first-order valence-electron chi connectivity index (χ1n) is 5.92. The first-order valence-corrected chi connectivity index (χ1v) is 5.92. The van der Waals surface area contributed by atoms with E-state index in [2.05, 4.69) is 0 Å². The summed E-state index contributed by atoms with van der Waals surface area (Å²) in [6.07, 6.45) is 3.34. The minimum absolute atomic E-state index is 0.00836. The summed E-state index contributed by atoms with van der Waals surface area (Å²) in [7, 11) is 0. The van der Waals surface area contributed by atoms with Gasteiger partial charge in [-0.2, -0.15) is 0 Å². The van der Waals surface area contributed by atoms with Gasteiger partial charge < -0.3 is 9.64 Å². The van der Waals surface area contributed by atoms with Gasteiger partial charge in [-0.05, 0) is 43.5 Å². The average molecular weight is 237 g/mol. The molecule has 1 saturated heterocycles. The lowest BCUT2D eigenvalue weighted by atomic mass is 10.1. The van der Waals surface area contributed by atoms with Gasteiger partial charge in [-0.15, -0.1) is 0 Å². The van der Waals surface area contributed by atoms with Gasteiger partial charge >= 0.3 is 0 Å². The minimum atomic E-state index is -0.306. The molecule has 3 nitrogen and oxygen atoms in total. The third-order valence-electron chi connectivity index (χ3n) is 2.88. The Morgan fingerprint density at radius 2 is 1.82 bits per heavy atom. The zero-order valence-electron chi connectivity index (χ0n) is 9.69. The number of hydrogen-bond donors (Lipinski definition) is 0. The molecule has 1 aliphatic rings. The molecule has 1 aromatic carbocycles. The number of benzene rings is 1. The van der Waals surface area contributed by atoms with Crippen molar-refractivity contribution in [2.45, 2.75) is 19.3 Å². The second kappa shape index (κ2) is 5.66. The van der Waals surface area contributed by atoms with Crippen molar-refractivity contribution in [3.8, 4) is 5.75 Å². The summed E-state index contributed by atoms with van der Waals surface area (Å²) in [4.78, 5) is 13.6. The van der Waals surface area contributed by atoms with E-state index in [0.717, 1.165) is 25.9 Å². The fourth-order valence-corrected chi connectivity index (χ4v) is 1.91. The van der Waals surface area contributed by atoms with Crippen LogP contribution in [0.4, 0.5) is 4.39 Å². The van der Waals surface area contributed by atoms with Crippen molar-refractivity contribution >= 4 is 5.91 Å². The number of rotatable bonds is 3. The molecule has 0 radical (unpaired) electrons. The van der Waals surface area contributed by atoms with Crippen molar-refractivity contribution < 1.29 is 13.9 Å². The number of amides is 1. The van der Waals surface area contributed by atoms with E-state index < -0.39 is 0 Å². The maximum atomic E-state index is 12.6. The topological polar surface area (TPSA) is 29.5 Å². The number of nitrogens with zero attached hydrogens (tertiary/aromatic N) is 1. The average Bonchev–Trinajstić information content (AvgIpc) is 2.39. The van der Waals surface area contributed by atoms with Crippen molar-refractivity contribution in [2.75, 3.05) is 19.7 Å². The molecule has 0 unspecified atom stereocenters. The smallest absolute Gasteiger partial charge is 0.260 e. The van der Waals surface area contributed by atoms with Crippen LogP contribution in [0.25, 0.3) is 0 Å². The predicted molar refractivity (Wildman–Crippen MR) is 62.3 cm³/mol. The largest absolute Gasteiger partial charge is 0.484 e. The van der Waals surface area contributed by atoms with Gasteiger partial charge in [0.1, 0.15) is 11.6 Å². The molecule has 4 heteroatoms. The van der Waals surface area contributed by atoms with Gasteiger partial charge in [0.05, 0.1) is 0 Å². The van der Waals surface area contributed by atoms with E-state index in [9.17, 15) is 9.18 Å². The quantitative estimate of drug-likeness (QED) is 0.806. The highest BCUT2D eigenvalue weighted by Gasteiger charge is 2.16. The van der Waals surface area contributed by atoms with Crippen LogP contribution in [-0.4, -0.2) is 30.5 Å². The summed E-state index contributed by atoms with van der Waals surface area (Å²) in [6.45, 7) is 1.68. The van der Waals surface area contributed by atoms with E-state index in [4.69, 9.17) is 4.74 Å². The van der Waals surface area contributed by atoms with Crippen LogP contribution in [0.2, 0.25) is 0 Å². The van der Waals surface area contributed by atoms with Crippen molar-refractivity contribution in [1.82, 2.24) is 4.90 Å². The summed E-state index contributed by atoms with van der Waals surface area (Å²) < 4.78 is 18.0. The summed E-state index contributed by atoms with van der Waals surface area (Å²) in [5.41, 5.74) is 0. The second-order valence-corrected chi connectivity index (χ2v) is 4.18. The lowest BCUT2D eigenvalue weighted by Gasteiger charge is -2.26. The van der Waals surface area contributed by atoms with Gasteiger partial charge in [0, 0.05) is 13.1 Å². The number of hydrogen-bond acceptors (Lipinski definition) is 2. The third-order valence-corrected chi connectivity index (χ3v) is 2.88. The normalized spacial score (nSPS) is 15.7. The first-order chi connectivity index (χ1) is 8.25. The highest BCUT2D eigenvalue weighted by atomic mass is 19.1. The van der Waals surface area contributed by atoms with E-state index in [-0.39, 0.29) is 18.3 Å². The van der Waals surface area contributed by atoms with Crippen LogP contribution in [0.15, 0.2) is 24.3 Å². The number of carbonyl (C=O) groups is 1. The number of halogens is 1. The fourth-order valence-electron chi connectivity index (χ4n) is 1.91. The molecule has 1 aromatic rings. The van der Waals surface area contributed by atoms with Gasteiger partial charge in [-0.25, -0.2) is 4.39 Å². The molecule has 0 N–H and O–H groups in total. The molecule has 0 aromatic heterocycles. The standard InChI is InChI=1S/C13H16FNO2/c14-11-4-6-12(7-5-11)17-10-13(16)15-8-2-1-3-9-15/h4-7H,1-3,8-10H2. The van der Waals surface area contributed by atoms with E-state index in [1.807, 2.05) is 4.90 Å². The lowest BCUT2D eigenvalue weighted by molar-refractivity contribution is -0.134. The second-order valence-electron chi connectivity index (χ2n) is 4.18. The van der Waals surface area contributed by atoms with Gasteiger partial charge in [0.25, 0.3) is 5.91 Å². The molecule has 1 heterocycles. The molecule has 1 aliphatic heterocycles. The van der Waals surface area contributed by atoms with Crippen molar-refractivity contribution in [3.05, 3.63) is 30.1 Å². The Hall–Kier alpha value is -1.58. The Morgan fingerprint density at radius 3 is 2.47 bits per heavy atom. The molecule has 0 aliphatic carbocycles. The summed E-state index contributed by atoms with van der Waals surface area (Å²) in [6, 6.07) is 5.69. The van der Waals surface area contributed by atoms with Crippen molar-refractivity contribution in [1.29, 1.82) is 0 Å². The third kappa shape index (κ3) is 3.44. The molecular weight excluding hydrogens is 221 g/mol. The highest BCUT2D eigenvalue weighted by molar-refractivity contribution is 5.77. The molecular formula is C13H16FNO2. The SMILES string of the molecule is O=C(COc1ccc(F)cc1)N1CCCCC1. The van der Waals surface area contributed by atoms with Crippen molar-refractivity contribution in [3.63, 3.8) is 0 Å². The van der Waals surface area contributed by atoms with E-state index in [1.165, 1.54) is 30.7 Å². The van der Waals surface area contributed by atoms with Crippen LogP contribution in [0.1, 0.15) is 19.3 Å². The van der Waals surface area contributed by atoms with Crippen LogP contribution in [0, 0.1) is 5.82 Å². The Bertz CT molecular complexity index is 372. The molecule has 0 bridgehead atoms. The monoisotopic (exact) mass is 237 g/mol. The van der Waals surface area contributed by atoms with Crippen LogP contribution < -0.4 is 4.74 Å². The number of ether oxygens (including phenoxy) is 1. The zero-order valence-corrected chi connectivity index (χ0v) is 9.69. The van der Waals surface area contributed by atoms with Gasteiger partial charge in [-0.1, -0.05) is 0 Å². The van der Waals surface area contributed by atoms with Crippen LogP contribution in [-0.2, 0) is 4.79 Å². The Labute approximate surface area is 100 Å². The van der Waals surface area contributed by atoms with Gasteiger partial charge in [0.2, 0.25) is 0 Å². The summed E-state index contributed by atoms with van der Waals surface area (Å²) >= 11 is 0. The van der Waals surface area contributed by atoms with E-state index in [0.29, 0.717) is 5.75 Å². The van der Waals surface area contributed by atoms with Gasteiger partial charge in [-0.3, -0.25) is 4.79 Å². The van der Waals surface area contributed by atoms with Crippen molar-refractivity contribution in [2.24, 2.45) is 0 Å². The number of piperidine rings is 1. The maximum absolute atomic E-state index is 12.6. The Morgan fingerprint density at radius 1 is 1.18 bits per heavy atom. The number of likely N-dealkylation sites (tertiary alicyclic amines) is 1. The van der Waals surface area contributed by atoms with Crippen LogP contribution >= 0.6 is 0 Å². The molecule has 1 fully saturated rings. The zero-order chi connectivity index (χ0) is 12.1. The van der Waals surface area contributed by atoms with E-state index in [1.54, 1.807) is 0 Å². The minimum Gasteiger partial charge on any atom is -0.484 e. The predicted octanol–water partition coefficient (Wildman–Crippen LogP) is 2.22. The first kappa shape index (κ1) is 11.9. The summed E-state index contributed by atoms with van der Waals surface area (Å²) in [5.74, 6) is 0.227. The Kier molecular flexibility index (Phi) is 3.96. The van der Waals surface area contributed by atoms with Crippen LogP contribution in [0.5, 0.6) is 5.75 Å². The molecule has 0 spiro atoms. The molecule has 0 atom stereocenters. The lowest BCUT2D eigenvalue weighted by Crippen LogP contribution is -2.38. The van der Waals surface area contributed by atoms with E-state index >= 15 is 0 Å². The van der Waals surface area contributed by atoms with Crippen LogP contribution in [0.3, 0.4) is 0 Å². The molecule has 92 valence electrons. The fraction of sp³-hybridized carbons (Fsp3) is 0.462. The van der Waals surface area contributed by atoms with Gasteiger partial charge in [0.15, 0.2) is 6.61 Å². The molecule has 0 saturated carbocycles. The Balaban J connectivity index is 1.81. The maximum Gasteiger partial charge on any atom is 0.260 e. The molecule has 17 heavy (non-hydrogen) atoms. The summed E-state index contributed by atoms with van der Waals surface area (Å²) in [5, 5.41) is 0. The number of carbonyl (C=O) groups excluding carboxylic acids is 1.